The van der Waals surface area contributed by atoms with Gasteiger partial charge in [0.1, 0.15) is 5.57 Å². The Morgan fingerprint density at radius 2 is 1.35 bits per heavy atom. The lowest BCUT2D eigenvalue weighted by molar-refractivity contribution is -0.124. The van der Waals surface area contributed by atoms with Crippen LogP contribution in [-0.4, -0.2) is 17.8 Å². The number of urea groups is 1. The quantitative estimate of drug-likeness (QED) is 0.614. The van der Waals surface area contributed by atoms with Gasteiger partial charge in [-0.1, -0.05) is 18.2 Å². The zero-order chi connectivity index (χ0) is 16.6. The van der Waals surface area contributed by atoms with E-state index >= 15 is 0 Å². The van der Waals surface area contributed by atoms with Crippen molar-refractivity contribution in [2.45, 2.75) is 13.8 Å². The number of hydrogen-bond donors (Lipinski definition) is 2. The van der Waals surface area contributed by atoms with Crippen molar-refractivity contribution >= 4 is 23.5 Å². The molecule has 0 aromatic heterocycles. The molecule has 1 aromatic rings. The summed E-state index contributed by atoms with van der Waals surface area (Å²) in [7, 11) is 0. The minimum atomic E-state index is -0.799. The minimum Gasteiger partial charge on any atom is -0.318 e. The number of amides is 4. The summed E-state index contributed by atoms with van der Waals surface area (Å²) in [5.41, 5.74) is 3.16. The number of para-hydroxylation sites is 1. The number of rotatable bonds is 1. The van der Waals surface area contributed by atoms with E-state index in [4.69, 9.17) is 0 Å². The van der Waals surface area contributed by atoms with E-state index in [0.717, 1.165) is 17.1 Å². The van der Waals surface area contributed by atoms with E-state index in [0.29, 0.717) is 5.57 Å². The number of carbonyl (C=O) groups excluding carboxylic acids is 3. The first-order chi connectivity index (χ1) is 11.0. The van der Waals surface area contributed by atoms with Gasteiger partial charge >= 0.3 is 6.03 Å². The highest BCUT2D eigenvalue weighted by Crippen LogP contribution is 2.30. The molecular formula is C17H15N3O3. The predicted octanol–water partition coefficient (Wildman–Crippen LogP) is 1.98. The molecule has 0 unspecified atom stereocenters. The molecular weight excluding hydrogens is 294 g/mol. The lowest BCUT2D eigenvalue weighted by Gasteiger charge is -2.30. The molecule has 6 heteroatoms. The van der Waals surface area contributed by atoms with E-state index in [1.165, 1.54) is 0 Å². The van der Waals surface area contributed by atoms with Gasteiger partial charge < -0.3 is 4.90 Å². The molecule has 4 amide bonds. The molecule has 0 saturated carbocycles. The first kappa shape index (κ1) is 14.8. The number of hydrogen-bond acceptors (Lipinski definition) is 4. The van der Waals surface area contributed by atoms with Crippen LogP contribution in [0.25, 0.3) is 0 Å². The van der Waals surface area contributed by atoms with Crippen molar-refractivity contribution in [1.82, 2.24) is 10.6 Å². The van der Waals surface area contributed by atoms with Gasteiger partial charge in [0.25, 0.3) is 11.8 Å². The highest BCUT2D eigenvalue weighted by Gasteiger charge is 2.31. The molecule has 2 heterocycles. The Morgan fingerprint density at radius 3 is 1.87 bits per heavy atom. The molecule has 0 aliphatic carbocycles. The molecule has 1 saturated heterocycles. The van der Waals surface area contributed by atoms with Gasteiger partial charge in [0, 0.05) is 17.1 Å². The monoisotopic (exact) mass is 309 g/mol. The summed E-state index contributed by atoms with van der Waals surface area (Å²) >= 11 is 0. The average molecular weight is 309 g/mol. The van der Waals surface area contributed by atoms with Gasteiger partial charge in [-0.05, 0) is 43.7 Å². The molecule has 2 aliphatic rings. The maximum absolute atomic E-state index is 12.0. The summed E-state index contributed by atoms with van der Waals surface area (Å²) in [4.78, 5) is 37.1. The zero-order valence-corrected chi connectivity index (χ0v) is 12.7. The topological polar surface area (TPSA) is 78.5 Å². The van der Waals surface area contributed by atoms with E-state index < -0.39 is 17.8 Å². The predicted molar refractivity (Wildman–Crippen MR) is 85.1 cm³/mol. The van der Waals surface area contributed by atoms with Crippen LogP contribution in [0.2, 0.25) is 0 Å². The second-order valence-corrected chi connectivity index (χ2v) is 5.31. The Hall–Kier alpha value is -3.15. The molecule has 116 valence electrons. The summed E-state index contributed by atoms with van der Waals surface area (Å²) in [6.07, 6.45) is 3.51. The fraction of sp³-hybridized carbons (Fsp3) is 0.118. The summed E-state index contributed by atoms with van der Waals surface area (Å²) in [5.74, 6) is -1.37. The highest BCUT2D eigenvalue weighted by molar-refractivity contribution is 6.29. The number of carbonyl (C=O) groups is 3. The van der Waals surface area contributed by atoms with E-state index in [-0.39, 0.29) is 5.57 Å². The van der Waals surface area contributed by atoms with Crippen molar-refractivity contribution in [3.05, 3.63) is 65.0 Å². The van der Waals surface area contributed by atoms with Gasteiger partial charge in [-0.15, -0.1) is 0 Å². The molecule has 1 fully saturated rings. The second kappa shape index (κ2) is 5.57. The number of anilines is 1. The molecule has 0 spiro atoms. The van der Waals surface area contributed by atoms with Crippen molar-refractivity contribution in [1.29, 1.82) is 0 Å². The Labute approximate surface area is 133 Å². The third kappa shape index (κ3) is 2.66. The van der Waals surface area contributed by atoms with Crippen molar-refractivity contribution in [2.24, 2.45) is 0 Å². The van der Waals surface area contributed by atoms with Crippen LogP contribution < -0.4 is 15.5 Å². The van der Waals surface area contributed by atoms with Crippen LogP contribution in [0.1, 0.15) is 13.8 Å². The third-order valence-electron chi connectivity index (χ3n) is 3.65. The van der Waals surface area contributed by atoms with Crippen LogP contribution in [0.4, 0.5) is 10.5 Å². The van der Waals surface area contributed by atoms with E-state index in [2.05, 4.69) is 10.6 Å². The molecule has 2 aliphatic heterocycles. The van der Waals surface area contributed by atoms with Crippen LogP contribution in [0.15, 0.2) is 65.0 Å². The molecule has 3 rings (SSSR count). The lowest BCUT2D eigenvalue weighted by atomic mass is 9.99. The second-order valence-electron chi connectivity index (χ2n) is 5.31. The Balaban J connectivity index is 2.04. The highest BCUT2D eigenvalue weighted by atomic mass is 16.2. The molecule has 2 N–H and O–H groups in total. The summed E-state index contributed by atoms with van der Waals surface area (Å²) < 4.78 is 0. The maximum Gasteiger partial charge on any atom is 0.328 e. The molecule has 0 radical (unpaired) electrons. The fourth-order valence-corrected chi connectivity index (χ4v) is 2.76. The van der Waals surface area contributed by atoms with Crippen LogP contribution in [0, 0.1) is 0 Å². The summed E-state index contributed by atoms with van der Waals surface area (Å²) in [6.45, 7) is 3.79. The summed E-state index contributed by atoms with van der Waals surface area (Å²) in [6, 6.07) is 8.98. The van der Waals surface area contributed by atoms with Gasteiger partial charge in [0.05, 0.1) is 0 Å². The van der Waals surface area contributed by atoms with Gasteiger partial charge in [-0.2, -0.15) is 0 Å². The first-order valence-electron chi connectivity index (χ1n) is 7.10. The Kier molecular flexibility index (Phi) is 3.57. The van der Waals surface area contributed by atoms with Crippen molar-refractivity contribution < 1.29 is 14.4 Å². The number of barbiturate groups is 1. The molecule has 0 atom stereocenters. The Morgan fingerprint density at radius 1 is 0.826 bits per heavy atom. The zero-order valence-electron chi connectivity index (χ0n) is 12.7. The molecule has 0 bridgehead atoms. The molecule has 23 heavy (non-hydrogen) atoms. The smallest absolute Gasteiger partial charge is 0.318 e. The van der Waals surface area contributed by atoms with E-state index in [9.17, 15) is 14.4 Å². The average Bonchev–Trinajstić information content (AvgIpc) is 2.46. The largest absolute Gasteiger partial charge is 0.328 e. The number of imide groups is 2. The number of nitrogens with one attached hydrogen (secondary N) is 2. The fourth-order valence-electron chi connectivity index (χ4n) is 2.76. The van der Waals surface area contributed by atoms with Gasteiger partial charge in [0.15, 0.2) is 0 Å². The normalized spacial score (nSPS) is 18.3. The van der Waals surface area contributed by atoms with E-state index in [1.54, 1.807) is 12.2 Å². The van der Waals surface area contributed by atoms with Gasteiger partial charge in [-0.3, -0.25) is 20.2 Å². The third-order valence-corrected chi connectivity index (χ3v) is 3.65. The number of allylic oxidation sites excluding steroid dienone is 5. The van der Waals surface area contributed by atoms with E-state index in [1.807, 2.05) is 49.1 Å². The minimum absolute atomic E-state index is 0.0592. The Bertz CT molecular complexity index is 760. The molecule has 6 nitrogen and oxygen atoms in total. The van der Waals surface area contributed by atoms with Crippen molar-refractivity contribution in [2.75, 3.05) is 4.90 Å². The molecule has 1 aromatic carbocycles. The van der Waals surface area contributed by atoms with Crippen molar-refractivity contribution in [3.8, 4) is 0 Å². The number of nitrogens with zero attached hydrogens (tertiary/aromatic N) is 1. The maximum atomic E-state index is 12.0. The van der Waals surface area contributed by atoms with Crippen LogP contribution in [0.3, 0.4) is 0 Å². The number of benzene rings is 1. The summed E-state index contributed by atoms with van der Waals surface area (Å²) in [5, 5.41) is 4.18. The standard InChI is InChI=1S/C17H15N3O3/c1-10-8-12(14-15(21)18-17(23)19-16(14)22)9-11(2)20(10)13-6-4-3-5-7-13/h3-9H,1-2H3,(H2,18,19,21,22,23). The van der Waals surface area contributed by atoms with Crippen LogP contribution in [-0.2, 0) is 9.59 Å². The first-order valence-corrected chi connectivity index (χ1v) is 7.10. The van der Waals surface area contributed by atoms with Crippen LogP contribution in [0.5, 0.6) is 0 Å². The van der Waals surface area contributed by atoms with Crippen molar-refractivity contribution in [3.63, 3.8) is 0 Å². The van der Waals surface area contributed by atoms with Gasteiger partial charge in [0.2, 0.25) is 0 Å². The SMILES string of the molecule is CC1=CC(=C2C(=O)NC(=O)NC2=O)C=C(C)N1c1ccccc1. The van der Waals surface area contributed by atoms with Crippen LogP contribution >= 0.6 is 0 Å². The lowest BCUT2D eigenvalue weighted by Crippen LogP contribution is -2.51. The van der Waals surface area contributed by atoms with Gasteiger partial charge in [-0.25, -0.2) is 4.79 Å².